The third-order valence-electron chi connectivity index (χ3n) is 3.29. The van der Waals surface area contributed by atoms with Crippen LogP contribution in [-0.2, 0) is 7.05 Å². The summed E-state index contributed by atoms with van der Waals surface area (Å²) in [7, 11) is 2.00. The van der Waals surface area contributed by atoms with Crippen LogP contribution in [-0.4, -0.2) is 27.4 Å². The zero-order chi connectivity index (χ0) is 14.1. The minimum atomic E-state index is -0.349. The average Bonchev–Trinajstić information content (AvgIpc) is 2.84. The van der Waals surface area contributed by atoms with Crippen molar-refractivity contribution in [2.45, 2.75) is 50.2 Å². The number of hydrogen-bond donors (Lipinski definition) is 1. The summed E-state index contributed by atoms with van der Waals surface area (Å²) in [6.45, 7) is 5.12. The highest BCUT2D eigenvalue weighted by atomic mass is 32.2. The van der Waals surface area contributed by atoms with E-state index in [0.717, 1.165) is 43.1 Å². The number of aryl methyl sites for hydroxylation is 1. The topological polar surface area (TPSA) is 53.6 Å². The lowest BCUT2D eigenvalue weighted by Gasteiger charge is -2.26. The standard InChI is InChI=1S/C14H24N4S/c1-4-8-17-14(5-2,12-15)7-6-11-19-13-16-9-10-18(13)3/h9-10,17H,4-8,11H2,1-3H3. The maximum atomic E-state index is 9.39. The van der Waals surface area contributed by atoms with Crippen LogP contribution in [0, 0.1) is 11.3 Å². The Balaban J connectivity index is 2.36. The summed E-state index contributed by atoms with van der Waals surface area (Å²) in [6, 6.07) is 2.46. The molecular weight excluding hydrogens is 256 g/mol. The quantitative estimate of drug-likeness (QED) is 0.558. The van der Waals surface area contributed by atoms with Crippen molar-refractivity contribution in [1.29, 1.82) is 5.26 Å². The Morgan fingerprint density at radius 1 is 1.53 bits per heavy atom. The van der Waals surface area contributed by atoms with Gasteiger partial charge in [-0.05, 0) is 32.2 Å². The van der Waals surface area contributed by atoms with Gasteiger partial charge in [0.1, 0.15) is 5.54 Å². The van der Waals surface area contributed by atoms with Gasteiger partial charge < -0.3 is 4.57 Å². The smallest absolute Gasteiger partial charge is 0.167 e. The zero-order valence-electron chi connectivity index (χ0n) is 12.1. The van der Waals surface area contributed by atoms with Crippen molar-refractivity contribution < 1.29 is 0 Å². The first-order valence-electron chi connectivity index (χ1n) is 6.94. The number of thioether (sulfide) groups is 1. The van der Waals surface area contributed by atoms with Crippen LogP contribution in [0.4, 0.5) is 0 Å². The van der Waals surface area contributed by atoms with E-state index < -0.39 is 0 Å². The molecule has 1 aromatic heterocycles. The van der Waals surface area contributed by atoms with E-state index in [1.54, 1.807) is 11.8 Å². The van der Waals surface area contributed by atoms with Gasteiger partial charge in [-0.25, -0.2) is 4.98 Å². The molecule has 1 unspecified atom stereocenters. The lowest BCUT2D eigenvalue weighted by Crippen LogP contribution is -2.43. The van der Waals surface area contributed by atoms with Crippen LogP contribution in [0.3, 0.4) is 0 Å². The third-order valence-corrected chi connectivity index (χ3v) is 4.43. The van der Waals surface area contributed by atoms with Crippen LogP contribution in [0.1, 0.15) is 39.5 Å². The summed E-state index contributed by atoms with van der Waals surface area (Å²) in [4.78, 5) is 4.28. The van der Waals surface area contributed by atoms with E-state index in [4.69, 9.17) is 0 Å². The maximum absolute atomic E-state index is 9.39. The van der Waals surface area contributed by atoms with Crippen LogP contribution in [0.5, 0.6) is 0 Å². The molecule has 19 heavy (non-hydrogen) atoms. The highest BCUT2D eigenvalue weighted by Crippen LogP contribution is 2.21. The van der Waals surface area contributed by atoms with Gasteiger partial charge in [-0.15, -0.1) is 0 Å². The molecule has 0 aliphatic carbocycles. The summed E-state index contributed by atoms with van der Waals surface area (Å²) in [5, 5.41) is 13.8. The van der Waals surface area contributed by atoms with Crippen LogP contribution < -0.4 is 5.32 Å². The molecule has 0 fully saturated rings. The van der Waals surface area contributed by atoms with E-state index in [0.29, 0.717) is 0 Å². The minimum Gasteiger partial charge on any atom is -0.329 e. The van der Waals surface area contributed by atoms with E-state index in [1.165, 1.54) is 0 Å². The number of hydrogen-bond acceptors (Lipinski definition) is 4. The molecule has 0 saturated heterocycles. The molecule has 1 aromatic rings. The molecule has 1 atom stereocenters. The molecular formula is C14H24N4S. The molecule has 0 aliphatic heterocycles. The van der Waals surface area contributed by atoms with Crippen LogP contribution in [0.2, 0.25) is 0 Å². The fourth-order valence-corrected chi connectivity index (χ4v) is 2.83. The van der Waals surface area contributed by atoms with Gasteiger partial charge in [0.2, 0.25) is 0 Å². The predicted octanol–water partition coefficient (Wildman–Crippen LogP) is 2.96. The maximum Gasteiger partial charge on any atom is 0.167 e. The van der Waals surface area contributed by atoms with Gasteiger partial charge in [-0.3, -0.25) is 5.32 Å². The van der Waals surface area contributed by atoms with Crippen LogP contribution >= 0.6 is 11.8 Å². The molecule has 0 aromatic carbocycles. The molecule has 5 heteroatoms. The molecule has 0 spiro atoms. The number of nitrogens with zero attached hydrogens (tertiary/aromatic N) is 3. The first kappa shape index (κ1) is 16.1. The summed E-state index contributed by atoms with van der Waals surface area (Å²) in [6.07, 6.45) is 7.61. The van der Waals surface area contributed by atoms with E-state index in [1.807, 2.05) is 24.0 Å². The van der Waals surface area contributed by atoms with Crippen molar-refractivity contribution in [3.8, 4) is 6.07 Å². The molecule has 4 nitrogen and oxygen atoms in total. The first-order chi connectivity index (χ1) is 9.17. The minimum absolute atomic E-state index is 0.349. The van der Waals surface area contributed by atoms with Gasteiger partial charge in [0.05, 0.1) is 6.07 Å². The summed E-state index contributed by atoms with van der Waals surface area (Å²) < 4.78 is 2.03. The Labute approximate surface area is 120 Å². The highest BCUT2D eigenvalue weighted by molar-refractivity contribution is 7.99. The van der Waals surface area contributed by atoms with Gasteiger partial charge >= 0.3 is 0 Å². The normalized spacial score (nSPS) is 14.0. The number of nitrogens with one attached hydrogen (secondary N) is 1. The van der Waals surface area contributed by atoms with Crippen molar-refractivity contribution >= 4 is 11.8 Å². The summed E-state index contributed by atoms with van der Waals surface area (Å²) in [5.74, 6) is 1.00. The Morgan fingerprint density at radius 2 is 2.32 bits per heavy atom. The van der Waals surface area contributed by atoms with E-state index in [-0.39, 0.29) is 5.54 Å². The fourth-order valence-electron chi connectivity index (χ4n) is 1.96. The molecule has 0 amide bonds. The third kappa shape index (κ3) is 4.88. The average molecular weight is 280 g/mol. The second-order valence-corrected chi connectivity index (χ2v) is 5.81. The van der Waals surface area contributed by atoms with Crippen LogP contribution in [0.15, 0.2) is 17.6 Å². The van der Waals surface area contributed by atoms with Gasteiger partial charge in [0, 0.05) is 25.2 Å². The number of nitriles is 1. The largest absolute Gasteiger partial charge is 0.329 e. The van der Waals surface area contributed by atoms with E-state index in [2.05, 4.69) is 30.2 Å². The number of rotatable bonds is 9. The molecule has 0 bridgehead atoms. The summed E-state index contributed by atoms with van der Waals surface area (Å²) in [5.41, 5.74) is -0.349. The lowest BCUT2D eigenvalue weighted by molar-refractivity contribution is 0.371. The van der Waals surface area contributed by atoms with Gasteiger partial charge in [-0.1, -0.05) is 25.6 Å². The lowest BCUT2D eigenvalue weighted by atomic mass is 9.92. The molecule has 106 valence electrons. The van der Waals surface area contributed by atoms with E-state index >= 15 is 0 Å². The first-order valence-corrected chi connectivity index (χ1v) is 7.92. The zero-order valence-corrected chi connectivity index (χ0v) is 13.0. The Kier molecular flexibility index (Phi) is 6.96. The van der Waals surface area contributed by atoms with Crippen LogP contribution in [0.25, 0.3) is 0 Å². The molecule has 0 saturated carbocycles. The predicted molar refractivity (Wildman–Crippen MR) is 80.1 cm³/mol. The molecule has 0 aliphatic rings. The fraction of sp³-hybridized carbons (Fsp3) is 0.714. The van der Waals surface area contributed by atoms with E-state index in [9.17, 15) is 5.26 Å². The Hall–Kier alpha value is -0.990. The van der Waals surface area contributed by atoms with Crippen molar-refractivity contribution in [2.24, 2.45) is 7.05 Å². The molecule has 1 rings (SSSR count). The Bertz CT molecular complexity index is 410. The highest BCUT2D eigenvalue weighted by Gasteiger charge is 2.26. The number of aromatic nitrogens is 2. The van der Waals surface area contributed by atoms with Crippen molar-refractivity contribution in [2.75, 3.05) is 12.3 Å². The molecule has 1 heterocycles. The van der Waals surface area contributed by atoms with Gasteiger partial charge in [-0.2, -0.15) is 5.26 Å². The SMILES string of the molecule is CCCNC(C#N)(CC)CCCSc1nccn1C. The van der Waals surface area contributed by atoms with Crippen molar-refractivity contribution in [3.05, 3.63) is 12.4 Å². The monoisotopic (exact) mass is 280 g/mol. The van der Waals surface area contributed by atoms with Crippen molar-refractivity contribution in [3.63, 3.8) is 0 Å². The van der Waals surface area contributed by atoms with Crippen molar-refractivity contribution in [1.82, 2.24) is 14.9 Å². The second-order valence-electron chi connectivity index (χ2n) is 4.75. The van der Waals surface area contributed by atoms with Gasteiger partial charge in [0.15, 0.2) is 5.16 Å². The summed E-state index contributed by atoms with van der Waals surface area (Å²) >= 11 is 1.75. The van der Waals surface area contributed by atoms with Gasteiger partial charge in [0.25, 0.3) is 0 Å². The Morgan fingerprint density at radius 3 is 2.84 bits per heavy atom. The number of imidazole rings is 1. The second kappa shape index (κ2) is 8.23. The molecule has 1 N–H and O–H groups in total. The molecule has 0 radical (unpaired) electrons.